The number of halogens is 1. The average Bonchev–Trinajstić information content (AvgIpc) is 2.34. The first-order valence-corrected chi connectivity index (χ1v) is 6.38. The van der Waals surface area contributed by atoms with Gasteiger partial charge in [-0.1, -0.05) is 0 Å². The van der Waals surface area contributed by atoms with Crippen LogP contribution in [0.5, 0.6) is 0 Å². The number of alkyl halides is 1. The van der Waals surface area contributed by atoms with Crippen LogP contribution in [0, 0.1) is 6.92 Å². The van der Waals surface area contributed by atoms with Gasteiger partial charge in [0, 0.05) is 30.7 Å². The van der Waals surface area contributed by atoms with Crippen molar-refractivity contribution in [3.8, 4) is 0 Å². The van der Waals surface area contributed by atoms with E-state index >= 15 is 0 Å². The molecule has 0 N–H and O–H groups in total. The van der Waals surface area contributed by atoms with Gasteiger partial charge in [-0.25, -0.2) is 4.98 Å². The molecular formula is C12H17ClN2O2. The lowest BCUT2D eigenvalue weighted by Crippen LogP contribution is -2.38. The molecule has 0 radical (unpaired) electrons. The molecule has 0 saturated heterocycles. The summed E-state index contributed by atoms with van der Waals surface area (Å²) in [6.45, 7) is 2.49. The van der Waals surface area contributed by atoms with Gasteiger partial charge in [0.15, 0.2) is 0 Å². The summed E-state index contributed by atoms with van der Waals surface area (Å²) in [5.41, 5.74) is 1.60. The molecule has 1 aliphatic heterocycles. The number of rotatable bonds is 3. The summed E-state index contributed by atoms with van der Waals surface area (Å²) in [6.07, 6.45) is 2.43. The molecule has 0 aromatic carbocycles. The highest BCUT2D eigenvalue weighted by Gasteiger charge is 2.22. The number of methoxy groups -OCH3 is 1. The Bertz CT molecular complexity index is 470. The third-order valence-corrected chi connectivity index (χ3v) is 3.49. The second-order valence-electron chi connectivity index (χ2n) is 4.34. The Morgan fingerprint density at radius 3 is 3.00 bits per heavy atom. The molecule has 1 atom stereocenters. The molecule has 4 nitrogen and oxygen atoms in total. The van der Waals surface area contributed by atoms with Crippen LogP contribution >= 0.6 is 11.6 Å². The van der Waals surface area contributed by atoms with Crippen LogP contribution in [-0.2, 0) is 24.1 Å². The van der Waals surface area contributed by atoms with Gasteiger partial charge < -0.3 is 4.74 Å². The van der Waals surface area contributed by atoms with Crippen molar-refractivity contribution in [1.82, 2.24) is 9.55 Å². The number of ether oxygens (including phenoxy) is 1. The van der Waals surface area contributed by atoms with Crippen molar-refractivity contribution in [2.45, 2.75) is 38.8 Å². The predicted molar refractivity (Wildman–Crippen MR) is 66.8 cm³/mol. The zero-order chi connectivity index (χ0) is 12.4. The van der Waals surface area contributed by atoms with Gasteiger partial charge >= 0.3 is 0 Å². The molecule has 0 amide bonds. The van der Waals surface area contributed by atoms with E-state index in [1.54, 1.807) is 11.7 Å². The molecule has 0 spiro atoms. The molecule has 0 bridgehead atoms. The number of fused-ring (bicyclic) bond motifs is 1. The van der Waals surface area contributed by atoms with Crippen molar-refractivity contribution in [3.05, 3.63) is 27.4 Å². The number of hydrogen-bond acceptors (Lipinski definition) is 3. The van der Waals surface area contributed by atoms with Crippen molar-refractivity contribution in [2.24, 2.45) is 0 Å². The largest absolute Gasteiger partial charge is 0.380 e. The molecule has 1 aliphatic rings. The predicted octanol–water partition coefficient (Wildman–Crippen LogP) is 1.29. The highest BCUT2D eigenvalue weighted by molar-refractivity contribution is 6.17. The summed E-state index contributed by atoms with van der Waals surface area (Å²) >= 11 is 5.72. The Balaban J connectivity index is 2.45. The summed E-state index contributed by atoms with van der Waals surface area (Å²) in [7, 11) is 1.68. The zero-order valence-electron chi connectivity index (χ0n) is 10.2. The van der Waals surface area contributed by atoms with Crippen molar-refractivity contribution < 1.29 is 4.74 Å². The lowest BCUT2D eigenvalue weighted by atomic mass is 10.1. The van der Waals surface area contributed by atoms with Gasteiger partial charge in [0.05, 0.1) is 12.6 Å². The fourth-order valence-electron chi connectivity index (χ4n) is 2.30. The SMILES string of the molecule is CO[C@H]1CCc2nc(C)c(CCCl)c(=O)n2C1. The van der Waals surface area contributed by atoms with Crippen molar-refractivity contribution >= 4 is 11.6 Å². The van der Waals surface area contributed by atoms with E-state index in [0.717, 1.165) is 29.9 Å². The van der Waals surface area contributed by atoms with Gasteiger partial charge in [-0.15, -0.1) is 11.6 Å². The zero-order valence-corrected chi connectivity index (χ0v) is 11.0. The highest BCUT2D eigenvalue weighted by atomic mass is 35.5. The summed E-state index contributed by atoms with van der Waals surface area (Å²) in [5.74, 6) is 1.32. The minimum Gasteiger partial charge on any atom is -0.380 e. The quantitative estimate of drug-likeness (QED) is 0.766. The first-order chi connectivity index (χ1) is 8.17. The van der Waals surface area contributed by atoms with E-state index in [1.165, 1.54) is 0 Å². The fourth-order valence-corrected chi connectivity index (χ4v) is 2.48. The Labute approximate surface area is 106 Å². The topological polar surface area (TPSA) is 44.1 Å². The molecular weight excluding hydrogens is 240 g/mol. The summed E-state index contributed by atoms with van der Waals surface area (Å²) in [4.78, 5) is 16.8. The van der Waals surface area contributed by atoms with Crippen molar-refractivity contribution in [1.29, 1.82) is 0 Å². The second kappa shape index (κ2) is 5.19. The molecule has 0 saturated carbocycles. The van der Waals surface area contributed by atoms with Gasteiger partial charge in [0.2, 0.25) is 0 Å². The van der Waals surface area contributed by atoms with Crippen LogP contribution in [-0.4, -0.2) is 28.6 Å². The Kier molecular flexibility index (Phi) is 3.84. The molecule has 1 aromatic rings. The normalized spacial score (nSPS) is 19.1. The average molecular weight is 257 g/mol. The number of aromatic nitrogens is 2. The standard InChI is InChI=1S/C12H17ClN2O2/c1-8-10(5-6-13)12(16)15-7-9(17-2)3-4-11(15)14-8/h9H,3-7H2,1-2H3/t9-/m0/s1. The van der Waals surface area contributed by atoms with Crippen LogP contribution in [0.2, 0.25) is 0 Å². The van der Waals surface area contributed by atoms with E-state index < -0.39 is 0 Å². The van der Waals surface area contributed by atoms with Crippen molar-refractivity contribution in [2.75, 3.05) is 13.0 Å². The maximum atomic E-state index is 12.3. The third kappa shape index (κ3) is 2.38. The van der Waals surface area contributed by atoms with Crippen LogP contribution in [0.3, 0.4) is 0 Å². The van der Waals surface area contributed by atoms with E-state index in [1.807, 2.05) is 6.92 Å². The Morgan fingerprint density at radius 2 is 2.35 bits per heavy atom. The van der Waals surface area contributed by atoms with Crippen LogP contribution in [0.25, 0.3) is 0 Å². The monoisotopic (exact) mass is 256 g/mol. The first-order valence-electron chi connectivity index (χ1n) is 5.85. The van der Waals surface area contributed by atoms with Gasteiger partial charge in [0.25, 0.3) is 5.56 Å². The molecule has 0 aliphatic carbocycles. The van der Waals surface area contributed by atoms with Crippen LogP contribution in [0.4, 0.5) is 0 Å². The van der Waals surface area contributed by atoms with Gasteiger partial charge in [-0.2, -0.15) is 0 Å². The fraction of sp³-hybridized carbons (Fsp3) is 0.667. The Morgan fingerprint density at radius 1 is 1.59 bits per heavy atom. The van der Waals surface area contributed by atoms with E-state index in [0.29, 0.717) is 18.8 Å². The molecule has 1 aromatic heterocycles. The summed E-state index contributed by atoms with van der Waals surface area (Å²) in [5, 5.41) is 0. The maximum Gasteiger partial charge on any atom is 0.257 e. The molecule has 94 valence electrons. The van der Waals surface area contributed by atoms with E-state index in [9.17, 15) is 4.79 Å². The lowest BCUT2D eigenvalue weighted by Gasteiger charge is -2.25. The smallest absolute Gasteiger partial charge is 0.257 e. The van der Waals surface area contributed by atoms with Gasteiger partial charge in [-0.3, -0.25) is 9.36 Å². The first kappa shape index (κ1) is 12.6. The van der Waals surface area contributed by atoms with Crippen LogP contribution in [0.1, 0.15) is 23.5 Å². The van der Waals surface area contributed by atoms with E-state index in [4.69, 9.17) is 16.3 Å². The van der Waals surface area contributed by atoms with Gasteiger partial charge in [0.1, 0.15) is 5.82 Å². The number of nitrogens with zero attached hydrogens (tertiary/aromatic N) is 2. The van der Waals surface area contributed by atoms with Gasteiger partial charge in [-0.05, 0) is 19.8 Å². The molecule has 2 heterocycles. The van der Waals surface area contributed by atoms with E-state index in [-0.39, 0.29) is 11.7 Å². The lowest BCUT2D eigenvalue weighted by molar-refractivity contribution is 0.0684. The molecule has 0 fully saturated rings. The third-order valence-electron chi connectivity index (χ3n) is 3.30. The molecule has 5 heteroatoms. The van der Waals surface area contributed by atoms with Crippen LogP contribution in [0.15, 0.2) is 4.79 Å². The Hall–Kier alpha value is -0.870. The number of aryl methyl sites for hydroxylation is 2. The van der Waals surface area contributed by atoms with Crippen LogP contribution < -0.4 is 5.56 Å². The minimum absolute atomic E-state index is 0.0508. The second-order valence-corrected chi connectivity index (χ2v) is 4.72. The highest BCUT2D eigenvalue weighted by Crippen LogP contribution is 2.15. The minimum atomic E-state index is 0.0508. The van der Waals surface area contributed by atoms with E-state index in [2.05, 4.69) is 4.98 Å². The van der Waals surface area contributed by atoms with Crippen molar-refractivity contribution in [3.63, 3.8) is 0 Å². The molecule has 0 unspecified atom stereocenters. The summed E-state index contributed by atoms with van der Waals surface area (Å²) < 4.78 is 7.06. The molecule has 2 rings (SSSR count). The maximum absolute atomic E-state index is 12.3. The number of hydrogen-bond donors (Lipinski definition) is 0. The molecule has 17 heavy (non-hydrogen) atoms. The summed E-state index contributed by atoms with van der Waals surface area (Å²) in [6, 6.07) is 0.